The Balaban J connectivity index is 0.00000216. The van der Waals surface area contributed by atoms with Gasteiger partial charge >= 0.3 is 59.1 Å². The van der Waals surface area contributed by atoms with E-state index in [1.165, 1.54) is 24.3 Å². The number of benzene rings is 3. The van der Waals surface area contributed by atoms with Crippen LogP contribution in [0.2, 0.25) is 0 Å². The summed E-state index contributed by atoms with van der Waals surface area (Å²) in [4.78, 5) is -0.0960. The van der Waals surface area contributed by atoms with Gasteiger partial charge in [-0.3, -0.25) is 0 Å². The fraction of sp³-hybridized carbons (Fsp3) is 0.0526. The third-order valence-corrected chi connectivity index (χ3v) is 13.6. The van der Waals surface area contributed by atoms with Gasteiger partial charge in [0, 0.05) is 36.9 Å². The Hall–Kier alpha value is 3.01. The molecule has 0 amide bonds. The number of halogens is 8. The molecule has 0 radical (unpaired) electrons. The summed E-state index contributed by atoms with van der Waals surface area (Å²) >= 11 is 26.8. The van der Waals surface area contributed by atoms with Crippen molar-refractivity contribution in [2.75, 3.05) is 0 Å². The van der Waals surface area contributed by atoms with Gasteiger partial charge in [-0.1, -0.05) is 75.2 Å². The van der Waals surface area contributed by atoms with E-state index in [1.807, 2.05) is 0 Å². The van der Waals surface area contributed by atoms with Gasteiger partial charge in [-0.25, -0.2) is 4.18 Å². The van der Waals surface area contributed by atoms with Crippen molar-refractivity contribution in [2.45, 2.75) is 10.5 Å². The van der Waals surface area contributed by atoms with E-state index in [4.69, 9.17) is 4.18 Å². The van der Waals surface area contributed by atoms with Gasteiger partial charge in [-0.2, -0.15) is 8.42 Å². The quantitative estimate of drug-likeness (QED) is 0.170. The maximum atomic E-state index is 13.4. The zero-order valence-electron chi connectivity index (χ0n) is 17.3. The van der Waals surface area contributed by atoms with Crippen LogP contribution in [-0.2, 0) is 19.9 Å². The first kappa shape index (κ1) is 34.2. The largest absolute Gasteiger partial charge is 1.00 e. The number of hydrogen-bond acceptors (Lipinski definition) is 5. The maximum absolute atomic E-state index is 13.4. The maximum Gasteiger partial charge on any atom is 1.00 e. The fourth-order valence-electron chi connectivity index (χ4n) is 3.49. The molecule has 16 heteroatoms. The van der Waals surface area contributed by atoms with Gasteiger partial charge in [0.15, 0.2) is 5.60 Å². The number of rotatable bonds is 2. The molecule has 174 valence electrons. The molecule has 0 unspecified atom stereocenters. The normalized spacial score (nSPS) is 15.2. The van der Waals surface area contributed by atoms with Crippen molar-refractivity contribution in [3.63, 3.8) is 0 Å². The standard InChI is InChI=1S/C19H6Br8O5S.2Na/c20-7-1-5(2-8(21)16(7)28)19(6-3-9(22)17(29)10(23)4-6)11-12(24)13(25)14(26)15(27)18(11)33(30,31)32-19;;/h1-4,28-29H;;/q;2*+1/p-2. The number of hydrogen-bond donors (Lipinski definition) is 0. The van der Waals surface area contributed by atoms with Crippen LogP contribution in [0.3, 0.4) is 0 Å². The van der Waals surface area contributed by atoms with Crippen LogP contribution in [0.4, 0.5) is 0 Å². The summed E-state index contributed by atoms with van der Waals surface area (Å²) in [5, 5.41) is 24.8. The van der Waals surface area contributed by atoms with Crippen LogP contribution >= 0.6 is 127 Å². The van der Waals surface area contributed by atoms with E-state index in [9.17, 15) is 18.6 Å². The first-order valence-electron chi connectivity index (χ1n) is 8.39. The Morgan fingerprint density at radius 3 is 1.34 bits per heavy atom. The summed E-state index contributed by atoms with van der Waals surface area (Å²) < 4.78 is 35.3. The average Bonchev–Trinajstić information content (AvgIpc) is 3.00. The summed E-state index contributed by atoms with van der Waals surface area (Å²) in [6.07, 6.45) is 0. The van der Waals surface area contributed by atoms with Crippen molar-refractivity contribution in [1.29, 1.82) is 0 Å². The molecular weight excluding hydrogens is 1030 g/mol. The van der Waals surface area contributed by atoms with Crippen molar-refractivity contribution in [2.24, 2.45) is 0 Å². The summed E-state index contributed by atoms with van der Waals surface area (Å²) in [6.45, 7) is 0. The Morgan fingerprint density at radius 2 is 0.971 bits per heavy atom. The fourth-order valence-corrected chi connectivity index (χ4v) is 10.6. The molecule has 0 atom stereocenters. The molecule has 1 heterocycles. The van der Waals surface area contributed by atoms with Crippen LogP contribution in [0.1, 0.15) is 16.7 Å². The van der Waals surface area contributed by atoms with Gasteiger partial charge < -0.3 is 10.2 Å². The topological polar surface area (TPSA) is 89.5 Å². The van der Waals surface area contributed by atoms with E-state index in [1.54, 1.807) is 0 Å². The van der Waals surface area contributed by atoms with E-state index in [0.717, 1.165) is 0 Å². The monoisotopic (exact) mass is 1020 g/mol. The summed E-state index contributed by atoms with van der Waals surface area (Å²) in [5.74, 6) is -0.631. The van der Waals surface area contributed by atoms with Crippen LogP contribution < -0.4 is 69.3 Å². The molecular formula is C19H4Br8Na2O5S. The van der Waals surface area contributed by atoms with Crippen LogP contribution in [0.25, 0.3) is 0 Å². The van der Waals surface area contributed by atoms with E-state index >= 15 is 0 Å². The molecule has 4 rings (SSSR count). The van der Waals surface area contributed by atoms with Crippen LogP contribution in [0, 0.1) is 0 Å². The molecule has 0 saturated carbocycles. The van der Waals surface area contributed by atoms with E-state index < -0.39 is 15.7 Å². The van der Waals surface area contributed by atoms with Gasteiger partial charge in [0.1, 0.15) is 4.90 Å². The molecule has 0 saturated heterocycles. The molecule has 0 fully saturated rings. The number of fused-ring (bicyclic) bond motifs is 1. The van der Waals surface area contributed by atoms with E-state index in [0.29, 0.717) is 24.5 Å². The first-order chi connectivity index (χ1) is 15.2. The SMILES string of the molecule is O=S1(=O)OC(c2cc(Br)c([O-])c(Br)c2)(c2cc(Br)c([O-])c(Br)c2)c2c(Br)c(Br)c(Br)c(Br)c21.[Na+].[Na+]. The first-order valence-corrected chi connectivity index (χ1v) is 16.1. The molecule has 35 heavy (non-hydrogen) atoms. The van der Waals surface area contributed by atoms with E-state index in [2.05, 4.69) is 127 Å². The molecule has 3 aromatic rings. The molecule has 1 aliphatic heterocycles. The molecule has 3 aromatic carbocycles. The molecule has 0 spiro atoms. The summed E-state index contributed by atoms with van der Waals surface area (Å²) in [5.41, 5.74) is -0.819. The Bertz CT molecular complexity index is 1380. The van der Waals surface area contributed by atoms with Gasteiger partial charge in [-0.15, -0.1) is 0 Å². The predicted molar refractivity (Wildman–Crippen MR) is 148 cm³/mol. The summed E-state index contributed by atoms with van der Waals surface area (Å²) in [7, 11) is -4.32. The minimum Gasteiger partial charge on any atom is -0.871 e. The Morgan fingerprint density at radius 1 is 0.629 bits per heavy atom. The smallest absolute Gasteiger partial charge is 0.871 e. The zero-order chi connectivity index (χ0) is 24.6. The minimum absolute atomic E-state index is 0. The third-order valence-electron chi connectivity index (χ3n) is 4.87. The molecule has 1 aliphatic rings. The van der Waals surface area contributed by atoms with Gasteiger partial charge in [0.2, 0.25) is 0 Å². The average molecular weight is 1030 g/mol. The van der Waals surface area contributed by atoms with Crippen LogP contribution in [0.15, 0.2) is 64.9 Å². The summed E-state index contributed by atoms with van der Waals surface area (Å²) in [6, 6.07) is 6.00. The van der Waals surface area contributed by atoms with Crippen LogP contribution in [0.5, 0.6) is 11.5 Å². The molecule has 5 nitrogen and oxygen atoms in total. The van der Waals surface area contributed by atoms with Crippen LogP contribution in [-0.4, -0.2) is 8.42 Å². The van der Waals surface area contributed by atoms with Gasteiger partial charge in [-0.05, 0) is 99.1 Å². The second-order valence-electron chi connectivity index (χ2n) is 6.72. The molecule has 0 bridgehead atoms. The van der Waals surface area contributed by atoms with Gasteiger partial charge in [0.05, 0.1) is 4.47 Å². The molecule has 0 N–H and O–H groups in total. The van der Waals surface area contributed by atoms with Gasteiger partial charge in [0.25, 0.3) is 10.1 Å². The second kappa shape index (κ2) is 12.5. The van der Waals surface area contributed by atoms with Crippen molar-refractivity contribution in [1.82, 2.24) is 0 Å². The van der Waals surface area contributed by atoms with Crippen molar-refractivity contribution < 1.29 is 81.9 Å². The zero-order valence-corrected chi connectivity index (χ0v) is 34.8. The van der Waals surface area contributed by atoms with Crippen molar-refractivity contribution in [3.05, 3.63) is 76.7 Å². The minimum atomic E-state index is -4.32. The second-order valence-corrected chi connectivity index (χ2v) is 14.8. The van der Waals surface area contributed by atoms with E-state index in [-0.39, 0.29) is 103 Å². The Kier molecular flexibility index (Phi) is 12.2. The Labute approximate surface area is 312 Å². The van der Waals surface area contributed by atoms with Crippen molar-refractivity contribution >= 4 is 138 Å². The molecule has 0 aromatic heterocycles. The molecule has 0 aliphatic carbocycles. The predicted octanol–water partition coefficient (Wildman–Crippen LogP) is 1.95. The van der Waals surface area contributed by atoms with Crippen molar-refractivity contribution in [3.8, 4) is 11.5 Å². The third kappa shape index (κ3) is 5.73.